The van der Waals surface area contributed by atoms with Crippen molar-refractivity contribution in [2.75, 3.05) is 40.1 Å². The van der Waals surface area contributed by atoms with Crippen LogP contribution in [0.4, 0.5) is 0 Å². The molecule has 2 N–H and O–H groups in total. The summed E-state index contributed by atoms with van der Waals surface area (Å²) in [5, 5.41) is 17.3. The van der Waals surface area contributed by atoms with Gasteiger partial charge in [-0.1, -0.05) is 6.07 Å². The van der Waals surface area contributed by atoms with Gasteiger partial charge in [0.2, 0.25) is 6.79 Å². The van der Waals surface area contributed by atoms with Crippen molar-refractivity contribution in [1.29, 1.82) is 0 Å². The molecule has 0 amide bonds. The zero-order valence-corrected chi connectivity index (χ0v) is 18.6. The maximum atomic E-state index is 9.26. The van der Waals surface area contributed by atoms with Crippen LogP contribution in [0.1, 0.15) is 18.9 Å². The van der Waals surface area contributed by atoms with E-state index in [9.17, 15) is 5.11 Å². The van der Waals surface area contributed by atoms with Crippen molar-refractivity contribution >= 4 is 21.5 Å². The van der Waals surface area contributed by atoms with Gasteiger partial charge in [0, 0.05) is 32.8 Å². The highest BCUT2D eigenvalue weighted by Crippen LogP contribution is 2.40. The van der Waals surface area contributed by atoms with Crippen molar-refractivity contribution in [3.63, 3.8) is 0 Å². The Morgan fingerprint density at radius 1 is 1.12 bits per heavy atom. The molecule has 2 aliphatic heterocycles. The molecule has 32 heavy (non-hydrogen) atoms. The van der Waals surface area contributed by atoms with E-state index in [4.69, 9.17) is 18.9 Å². The molecule has 7 heteroatoms. The molecule has 170 valence electrons. The van der Waals surface area contributed by atoms with Gasteiger partial charge in [0.15, 0.2) is 11.5 Å². The molecule has 3 aromatic carbocycles. The summed E-state index contributed by atoms with van der Waals surface area (Å²) in [6, 6.07) is 12.6. The lowest BCUT2D eigenvalue weighted by Gasteiger charge is -2.37. The minimum Gasteiger partial charge on any atom is -0.497 e. The Bertz CT molecular complexity index is 1120. The Hall–Kier alpha value is -2.58. The molecule has 2 heterocycles. The van der Waals surface area contributed by atoms with Gasteiger partial charge in [-0.2, -0.15) is 0 Å². The summed E-state index contributed by atoms with van der Waals surface area (Å²) in [6.45, 7) is 5.77. The molecule has 3 aromatic rings. The van der Waals surface area contributed by atoms with Gasteiger partial charge in [0.1, 0.15) is 12.0 Å². The number of nitrogens with one attached hydrogen (secondary N) is 1. The predicted octanol–water partition coefficient (Wildman–Crippen LogP) is 3.25. The van der Waals surface area contributed by atoms with Crippen LogP contribution in [0, 0.1) is 0 Å². The first-order valence-corrected chi connectivity index (χ1v) is 11.2. The minimum absolute atomic E-state index is 0.00439. The highest BCUT2D eigenvalue weighted by Gasteiger charge is 2.26. The number of rotatable bonds is 7. The van der Waals surface area contributed by atoms with Crippen LogP contribution in [0.5, 0.6) is 17.2 Å². The Balaban J connectivity index is 1.55. The van der Waals surface area contributed by atoms with Crippen LogP contribution in [0.3, 0.4) is 0 Å². The van der Waals surface area contributed by atoms with Gasteiger partial charge >= 0.3 is 0 Å². The standard InChI is InChI=1S/C25H30N2O5/c1-16(5-8-28)32-25-13-26-6-7-27(25)14-18-9-17-10-23-24(31-15-30-23)12-21(17)22-11-19(29-2)3-4-20(18)22/h3-4,9-12,16,25-26,28H,5-8,13-15H2,1-2H3. The van der Waals surface area contributed by atoms with Gasteiger partial charge in [-0.25, -0.2) is 0 Å². The maximum absolute atomic E-state index is 9.26. The number of piperazine rings is 1. The van der Waals surface area contributed by atoms with E-state index in [1.807, 2.05) is 13.0 Å². The predicted molar refractivity (Wildman–Crippen MR) is 123 cm³/mol. The van der Waals surface area contributed by atoms with E-state index in [2.05, 4.69) is 40.5 Å². The lowest BCUT2D eigenvalue weighted by molar-refractivity contribution is -0.110. The molecule has 0 aromatic heterocycles. The molecule has 0 spiro atoms. The molecule has 5 rings (SSSR count). The fraction of sp³-hybridized carbons (Fsp3) is 0.440. The number of ether oxygens (including phenoxy) is 4. The molecule has 2 aliphatic rings. The number of fused-ring (bicyclic) bond motifs is 4. The first-order chi connectivity index (χ1) is 15.7. The average molecular weight is 439 g/mol. The average Bonchev–Trinajstić information content (AvgIpc) is 3.26. The fourth-order valence-corrected chi connectivity index (χ4v) is 4.63. The van der Waals surface area contributed by atoms with E-state index in [0.717, 1.165) is 59.6 Å². The first kappa shape index (κ1) is 21.3. The second kappa shape index (κ2) is 9.11. The van der Waals surface area contributed by atoms with Gasteiger partial charge in [0.25, 0.3) is 0 Å². The first-order valence-electron chi connectivity index (χ1n) is 11.2. The Kier molecular flexibility index (Phi) is 6.06. The van der Waals surface area contributed by atoms with Crippen molar-refractivity contribution in [3.05, 3.63) is 42.0 Å². The summed E-state index contributed by atoms with van der Waals surface area (Å²) in [5.41, 5.74) is 1.24. The molecular weight excluding hydrogens is 408 g/mol. The zero-order valence-electron chi connectivity index (χ0n) is 18.6. The van der Waals surface area contributed by atoms with Gasteiger partial charge in [-0.15, -0.1) is 0 Å². The quantitative estimate of drug-likeness (QED) is 0.549. The van der Waals surface area contributed by atoms with Crippen LogP contribution in [-0.4, -0.2) is 62.5 Å². The molecule has 0 bridgehead atoms. The summed E-state index contributed by atoms with van der Waals surface area (Å²) >= 11 is 0. The van der Waals surface area contributed by atoms with Crippen LogP contribution >= 0.6 is 0 Å². The topological polar surface area (TPSA) is 72.4 Å². The van der Waals surface area contributed by atoms with Gasteiger partial charge in [-0.05, 0) is 70.8 Å². The van der Waals surface area contributed by atoms with Gasteiger partial charge < -0.3 is 29.4 Å². The third kappa shape index (κ3) is 4.09. The number of benzene rings is 3. The van der Waals surface area contributed by atoms with Crippen molar-refractivity contribution in [2.24, 2.45) is 0 Å². The summed E-state index contributed by atoms with van der Waals surface area (Å²) in [5.74, 6) is 2.39. The molecule has 0 radical (unpaired) electrons. The number of nitrogens with zero attached hydrogens (tertiary/aromatic N) is 1. The van der Waals surface area contributed by atoms with Crippen LogP contribution in [0.15, 0.2) is 36.4 Å². The van der Waals surface area contributed by atoms with E-state index >= 15 is 0 Å². The third-order valence-electron chi connectivity index (χ3n) is 6.34. The molecule has 1 saturated heterocycles. The highest BCUT2D eigenvalue weighted by atomic mass is 16.7. The van der Waals surface area contributed by atoms with Crippen LogP contribution < -0.4 is 19.5 Å². The van der Waals surface area contributed by atoms with Gasteiger partial charge in [-0.3, -0.25) is 4.90 Å². The SMILES string of the molecule is COc1ccc2c(CN3CCNCC3OC(C)CCO)cc3cc4c(cc3c2c1)OCO4. The Labute approximate surface area is 187 Å². The van der Waals surface area contributed by atoms with Crippen molar-refractivity contribution < 1.29 is 24.1 Å². The molecular formula is C25H30N2O5. The monoisotopic (exact) mass is 438 g/mol. The highest BCUT2D eigenvalue weighted by molar-refractivity contribution is 6.10. The Morgan fingerprint density at radius 2 is 1.97 bits per heavy atom. The van der Waals surface area contributed by atoms with Crippen molar-refractivity contribution in [3.8, 4) is 17.2 Å². The minimum atomic E-state index is -0.0361. The van der Waals surface area contributed by atoms with E-state index in [0.29, 0.717) is 6.42 Å². The number of aliphatic hydroxyl groups is 1. The van der Waals surface area contributed by atoms with E-state index in [1.165, 1.54) is 10.9 Å². The zero-order chi connectivity index (χ0) is 22.1. The van der Waals surface area contributed by atoms with Crippen molar-refractivity contribution in [1.82, 2.24) is 10.2 Å². The van der Waals surface area contributed by atoms with E-state index in [-0.39, 0.29) is 25.7 Å². The second-order valence-corrected chi connectivity index (χ2v) is 8.46. The number of hydrogen-bond acceptors (Lipinski definition) is 7. The number of aliphatic hydroxyl groups excluding tert-OH is 1. The maximum Gasteiger partial charge on any atom is 0.231 e. The molecule has 2 atom stereocenters. The lowest BCUT2D eigenvalue weighted by Crippen LogP contribution is -2.52. The third-order valence-corrected chi connectivity index (χ3v) is 6.34. The lowest BCUT2D eigenvalue weighted by atomic mass is 9.96. The molecule has 0 saturated carbocycles. The van der Waals surface area contributed by atoms with Crippen LogP contribution in [-0.2, 0) is 11.3 Å². The normalized spacial score (nSPS) is 19.5. The van der Waals surface area contributed by atoms with Crippen molar-refractivity contribution in [2.45, 2.75) is 32.2 Å². The van der Waals surface area contributed by atoms with Crippen LogP contribution in [0.2, 0.25) is 0 Å². The molecule has 0 aliphatic carbocycles. The molecule has 1 fully saturated rings. The summed E-state index contributed by atoms with van der Waals surface area (Å²) in [4.78, 5) is 2.38. The van der Waals surface area contributed by atoms with Gasteiger partial charge in [0.05, 0.1) is 13.2 Å². The van der Waals surface area contributed by atoms with Crippen LogP contribution in [0.25, 0.3) is 21.5 Å². The summed E-state index contributed by atoms with van der Waals surface area (Å²) < 4.78 is 23.0. The fourth-order valence-electron chi connectivity index (χ4n) is 4.63. The summed E-state index contributed by atoms with van der Waals surface area (Å²) in [7, 11) is 1.69. The van der Waals surface area contributed by atoms with E-state index in [1.54, 1.807) is 7.11 Å². The number of hydrogen-bond donors (Lipinski definition) is 2. The molecule has 7 nitrogen and oxygen atoms in total. The Morgan fingerprint density at radius 3 is 2.78 bits per heavy atom. The second-order valence-electron chi connectivity index (χ2n) is 8.46. The smallest absolute Gasteiger partial charge is 0.231 e. The van der Waals surface area contributed by atoms with E-state index < -0.39 is 0 Å². The molecule has 2 unspecified atom stereocenters. The summed E-state index contributed by atoms with van der Waals surface area (Å²) in [6.07, 6.45) is 0.603. The number of methoxy groups -OCH3 is 1. The largest absolute Gasteiger partial charge is 0.497 e.